The van der Waals surface area contributed by atoms with E-state index in [0.29, 0.717) is 0 Å². The molecule has 0 rings (SSSR count). The maximum Gasteiger partial charge on any atom is 0.0950 e. The highest BCUT2D eigenvalue weighted by Gasteiger charge is 2.06. The first kappa shape index (κ1) is 9.92. The fraction of sp³-hybridized carbons (Fsp3) is 0.750. The predicted molar refractivity (Wildman–Crippen MR) is 50.2 cm³/mol. The SMILES string of the molecule is C[NH+](C)C/C=C/[Si](C)(C)C. The molecule has 0 aromatic rings. The van der Waals surface area contributed by atoms with Crippen LogP contribution in [0.4, 0.5) is 0 Å². The standard InChI is InChI=1S/C8H19NSi/c1-9(2)7-6-8-10(3,4)5/h6,8H,7H2,1-5H3/p+1/b8-6+. The molecule has 10 heavy (non-hydrogen) atoms. The van der Waals surface area contributed by atoms with Crippen molar-refractivity contribution in [2.24, 2.45) is 0 Å². The first-order valence-corrected chi connectivity index (χ1v) is 7.46. The van der Waals surface area contributed by atoms with Crippen LogP contribution in [0.25, 0.3) is 0 Å². The average molecular weight is 158 g/mol. The summed E-state index contributed by atoms with van der Waals surface area (Å²) < 4.78 is 0. The van der Waals surface area contributed by atoms with Gasteiger partial charge in [-0.05, 0) is 6.08 Å². The lowest BCUT2D eigenvalue weighted by molar-refractivity contribution is -0.851. The van der Waals surface area contributed by atoms with E-state index in [-0.39, 0.29) is 0 Å². The van der Waals surface area contributed by atoms with E-state index >= 15 is 0 Å². The molecule has 0 unspecified atom stereocenters. The summed E-state index contributed by atoms with van der Waals surface area (Å²) in [7, 11) is 3.43. The van der Waals surface area contributed by atoms with E-state index in [1.165, 1.54) is 4.90 Å². The van der Waals surface area contributed by atoms with Gasteiger partial charge < -0.3 is 4.90 Å². The van der Waals surface area contributed by atoms with Crippen molar-refractivity contribution in [3.8, 4) is 0 Å². The monoisotopic (exact) mass is 158 g/mol. The summed E-state index contributed by atoms with van der Waals surface area (Å²) in [5.41, 5.74) is 2.40. The summed E-state index contributed by atoms with van der Waals surface area (Å²) in [5.74, 6) is 0. The van der Waals surface area contributed by atoms with Crippen molar-refractivity contribution in [1.82, 2.24) is 0 Å². The molecule has 1 nitrogen and oxygen atoms in total. The number of quaternary nitrogens is 1. The molecule has 0 atom stereocenters. The summed E-state index contributed by atoms with van der Waals surface area (Å²) >= 11 is 0. The van der Waals surface area contributed by atoms with E-state index in [1.807, 2.05) is 0 Å². The highest BCUT2D eigenvalue weighted by molar-refractivity contribution is 6.80. The van der Waals surface area contributed by atoms with Crippen molar-refractivity contribution in [2.45, 2.75) is 19.6 Å². The highest BCUT2D eigenvalue weighted by Crippen LogP contribution is 2.00. The van der Waals surface area contributed by atoms with Crippen molar-refractivity contribution in [3.05, 3.63) is 11.8 Å². The van der Waals surface area contributed by atoms with Crippen LogP contribution < -0.4 is 4.90 Å². The third kappa shape index (κ3) is 7.92. The fourth-order valence-electron chi connectivity index (χ4n) is 0.648. The van der Waals surface area contributed by atoms with Crippen LogP contribution in [0.5, 0.6) is 0 Å². The molecule has 0 aliphatic carbocycles. The van der Waals surface area contributed by atoms with Crippen LogP contribution in [-0.2, 0) is 0 Å². The molecule has 0 saturated heterocycles. The predicted octanol–water partition coefficient (Wildman–Crippen LogP) is 0.564. The lowest BCUT2D eigenvalue weighted by Crippen LogP contribution is -3.05. The van der Waals surface area contributed by atoms with Crippen LogP contribution in [0, 0.1) is 0 Å². The molecule has 0 saturated carbocycles. The molecule has 0 aliphatic heterocycles. The minimum atomic E-state index is -0.918. The van der Waals surface area contributed by atoms with E-state index in [4.69, 9.17) is 0 Å². The molecular weight excluding hydrogens is 138 g/mol. The van der Waals surface area contributed by atoms with Crippen molar-refractivity contribution in [1.29, 1.82) is 0 Å². The van der Waals surface area contributed by atoms with Gasteiger partial charge in [0.05, 0.1) is 28.7 Å². The molecule has 0 aromatic heterocycles. The van der Waals surface area contributed by atoms with E-state index in [9.17, 15) is 0 Å². The average Bonchev–Trinajstić information content (AvgIpc) is 1.59. The van der Waals surface area contributed by atoms with E-state index in [1.54, 1.807) is 0 Å². The first-order valence-electron chi connectivity index (χ1n) is 3.88. The van der Waals surface area contributed by atoms with Gasteiger partial charge in [-0.3, -0.25) is 0 Å². The second kappa shape index (κ2) is 3.94. The van der Waals surface area contributed by atoms with Crippen molar-refractivity contribution >= 4 is 8.07 Å². The van der Waals surface area contributed by atoms with Gasteiger partial charge in [0, 0.05) is 0 Å². The minimum Gasteiger partial charge on any atom is -0.337 e. The van der Waals surface area contributed by atoms with Crippen LogP contribution in [0.1, 0.15) is 0 Å². The number of likely N-dealkylation sites (N-methyl/N-ethyl adjacent to an activating group) is 1. The molecule has 0 amide bonds. The molecule has 0 spiro atoms. The molecule has 0 fully saturated rings. The number of rotatable bonds is 3. The highest BCUT2D eigenvalue weighted by atomic mass is 28.3. The normalized spacial score (nSPS) is 13.4. The Morgan fingerprint density at radius 1 is 1.20 bits per heavy atom. The Morgan fingerprint density at radius 3 is 2.00 bits per heavy atom. The molecule has 1 N–H and O–H groups in total. The topological polar surface area (TPSA) is 4.44 Å². The van der Waals surface area contributed by atoms with Crippen LogP contribution in [0.15, 0.2) is 11.8 Å². The smallest absolute Gasteiger partial charge is 0.0950 e. The third-order valence-corrected chi connectivity index (χ3v) is 2.38. The Balaban J connectivity index is 3.57. The van der Waals surface area contributed by atoms with Crippen LogP contribution in [0.2, 0.25) is 19.6 Å². The molecule has 0 bridgehead atoms. The molecular formula is C8H20NSi+. The molecule has 0 radical (unpaired) electrons. The molecule has 60 valence electrons. The van der Waals surface area contributed by atoms with Crippen molar-refractivity contribution in [2.75, 3.05) is 20.6 Å². The Bertz CT molecular complexity index is 111. The maximum atomic E-state index is 2.40. The third-order valence-electron chi connectivity index (χ3n) is 1.14. The summed E-state index contributed by atoms with van der Waals surface area (Å²) in [5, 5.41) is 0. The summed E-state index contributed by atoms with van der Waals surface area (Å²) in [6, 6.07) is 0. The quantitative estimate of drug-likeness (QED) is 0.573. The second-order valence-electron chi connectivity index (χ2n) is 4.18. The van der Waals surface area contributed by atoms with Crippen LogP contribution >= 0.6 is 0 Å². The minimum absolute atomic E-state index is 0.918. The van der Waals surface area contributed by atoms with Gasteiger partial charge in [-0.2, -0.15) is 0 Å². The van der Waals surface area contributed by atoms with E-state index in [2.05, 4.69) is 45.5 Å². The van der Waals surface area contributed by atoms with Crippen molar-refractivity contribution < 1.29 is 4.90 Å². The van der Waals surface area contributed by atoms with Crippen LogP contribution in [0.3, 0.4) is 0 Å². The zero-order chi connectivity index (χ0) is 8.20. The Morgan fingerprint density at radius 2 is 1.70 bits per heavy atom. The number of hydrogen-bond donors (Lipinski definition) is 1. The van der Waals surface area contributed by atoms with Gasteiger partial charge in [-0.15, -0.1) is 0 Å². The molecule has 0 heterocycles. The van der Waals surface area contributed by atoms with E-state index in [0.717, 1.165) is 6.54 Å². The lowest BCUT2D eigenvalue weighted by Gasteiger charge is -2.08. The van der Waals surface area contributed by atoms with Gasteiger partial charge in [-0.1, -0.05) is 25.3 Å². The molecule has 2 heteroatoms. The zero-order valence-electron chi connectivity index (χ0n) is 7.86. The fourth-order valence-corrected chi connectivity index (χ4v) is 1.47. The molecule has 0 aromatic carbocycles. The van der Waals surface area contributed by atoms with Gasteiger partial charge in [0.25, 0.3) is 0 Å². The van der Waals surface area contributed by atoms with Gasteiger partial charge in [0.2, 0.25) is 0 Å². The largest absolute Gasteiger partial charge is 0.337 e. The van der Waals surface area contributed by atoms with E-state index < -0.39 is 8.07 Å². The summed E-state index contributed by atoms with van der Waals surface area (Å²) in [6.45, 7) is 8.22. The Hall–Kier alpha value is -0.0831. The van der Waals surface area contributed by atoms with Gasteiger partial charge in [0.15, 0.2) is 0 Å². The lowest BCUT2D eigenvalue weighted by atomic mass is 10.6. The van der Waals surface area contributed by atoms with Gasteiger partial charge in [-0.25, -0.2) is 0 Å². The van der Waals surface area contributed by atoms with Crippen LogP contribution in [-0.4, -0.2) is 28.7 Å². The van der Waals surface area contributed by atoms with Gasteiger partial charge in [0.1, 0.15) is 0 Å². The number of hydrogen-bond acceptors (Lipinski definition) is 0. The Kier molecular flexibility index (Phi) is 3.90. The van der Waals surface area contributed by atoms with Crippen molar-refractivity contribution in [3.63, 3.8) is 0 Å². The van der Waals surface area contributed by atoms with Gasteiger partial charge >= 0.3 is 0 Å². The maximum absolute atomic E-state index is 2.40. The summed E-state index contributed by atoms with van der Waals surface area (Å²) in [4.78, 5) is 1.49. The number of nitrogens with one attached hydrogen (secondary N) is 1. The second-order valence-corrected chi connectivity index (χ2v) is 9.25. The first-order chi connectivity index (χ1) is 4.42. The summed E-state index contributed by atoms with van der Waals surface area (Å²) in [6.07, 6.45) is 2.31. The molecule has 0 aliphatic rings. The Labute approximate surface area is 65.7 Å². The zero-order valence-corrected chi connectivity index (χ0v) is 8.86.